The van der Waals surface area contributed by atoms with Gasteiger partial charge in [-0.25, -0.2) is 0 Å². The minimum absolute atomic E-state index is 0.0785. The number of hydrogen-bond acceptors (Lipinski definition) is 4. The van der Waals surface area contributed by atoms with Gasteiger partial charge in [0.2, 0.25) is 12.7 Å². The minimum Gasteiger partial charge on any atom is -0.454 e. The lowest BCUT2D eigenvalue weighted by molar-refractivity contribution is -0.132. The van der Waals surface area contributed by atoms with E-state index in [4.69, 9.17) is 9.47 Å². The zero-order valence-corrected chi connectivity index (χ0v) is 14.4. The summed E-state index contributed by atoms with van der Waals surface area (Å²) in [7, 11) is 0. The first-order valence-electron chi connectivity index (χ1n) is 8.86. The van der Waals surface area contributed by atoms with Gasteiger partial charge in [0.15, 0.2) is 11.5 Å². The smallest absolute Gasteiger partial charge is 0.246 e. The van der Waals surface area contributed by atoms with E-state index < -0.39 is 12.1 Å². The molecule has 2 aromatic carbocycles. The van der Waals surface area contributed by atoms with E-state index >= 15 is 0 Å². The molecule has 2 heterocycles. The minimum atomic E-state index is -0.771. The average Bonchev–Trinajstić information content (AvgIpc) is 3.12. The van der Waals surface area contributed by atoms with Crippen molar-refractivity contribution in [2.24, 2.45) is 0 Å². The van der Waals surface area contributed by atoms with Crippen molar-refractivity contribution < 1.29 is 19.4 Å². The van der Waals surface area contributed by atoms with Crippen LogP contribution in [0.1, 0.15) is 35.8 Å². The normalized spacial score (nSPS) is 22.3. The Kier molecular flexibility index (Phi) is 3.34. The van der Waals surface area contributed by atoms with Gasteiger partial charge >= 0.3 is 0 Å². The Hall–Kier alpha value is -2.79. The van der Waals surface area contributed by atoms with E-state index in [1.807, 2.05) is 37.3 Å². The van der Waals surface area contributed by atoms with Crippen LogP contribution in [-0.4, -0.2) is 29.3 Å². The third-order valence-corrected chi connectivity index (χ3v) is 5.48. The molecule has 132 valence electrons. The van der Waals surface area contributed by atoms with Gasteiger partial charge in [0, 0.05) is 12.1 Å². The third-order valence-electron chi connectivity index (χ3n) is 5.48. The Balaban J connectivity index is 1.80. The Bertz CT molecular complexity index is 949. The predicted octanol–water partition coefficient (Wildman–Crippen LogP) is 3.13. The molecule has 26 heavy (non-hydrogen) atoms. The number of ether oxygens (including phenoxy) is 2. The van der Waals surface area contributed by atoms with Gasteiger partial charge in [0.1, 0.15) is 6.10 Å². The maximum Gasteiger partial charge on any atom is 0.246 e. The van der Waals surface area contributed by atoms with Gasteiger partial charge in [-0.2, -0.15) is 0 Å². The second-order valence-electron chi connectivity index (χ2n) is 6.82. The first kappa shape index (κ1) is 15.5. The number of amides is 1. The van der Waals surface area contributed by atoms with Crippen molar-refractivity contribution in [2.75, 3.05) is 13.3 Å². The summed E-state index contributed by atoms with van der Waals surface area (Å²) in [5.41, 5.74) is 4.84. The highest BCUT2D eigenvalue weighted by molar-refractivity contribution is 5.90. The average molecular weight is 349 g/mol. The van der Waals surface area contributed by atoms with Crippen molar-refractivity contribution in [1.82, 2.24) is 4.90 Å². The molecule has 0 aromatic heterocycles. The lowest BCUT2D eigenvalue weighted by atomic mass is 9.75. The van der Waals surface area contributed by atoms with Crippen molar-refractivity contribution in [2.45, 2.75) is 25.5 Å². The molecule has 2 aliphatic heterocycles. The number of fused-ring (bicyclic) bond motifs is 4. The first-order chi connectivity index (χ1) is 12.7. The maximum absolute atomic E-state index is 12.7. The molecule has 1 amide bonds. The SMILES string of the molecule is CC=CC(=O)N1CCc2cc3c(c4c2C1C(O)c1ccccc1-4)OCO3. The number of nitrogens with zero attached hydrogens (tertiary/aromatic N) is 1. The molecule has 1 aliphatic carbocycles. The zero-order valence-electron chi connectivity index (χ0n) is 14.4. The standard InChI is InChI=1S/C21H19NO4/c1-2-5-16(23)22-9-8-12-10-15-21(26-11-25-15)18-13-6-3-4-7-14(13)20(24)19(22)17(12)18/h2-7,10,19-20,24H,8-9,11H2,1H3. The van der Waals surface area contributed by atoms with Crippen LogP contribution in [0.25, 0.3) is 11.1 Å². The van der Waals surface area contributed by atoms with Crippen LogP contribution < -0.4 is 9.47 Å². The molecule has 0 saturated carbocycles. The summed E-state index contributed by atoms with van der Waals surface area (Å²) >= 11 is 0. The van der Waals surface area contributed by atoms with E-state index in [-0.39, 0.29) is 12.7 Å². The molecular formula is C21H19NO4. The van der Waals surface area contributed by atoms with Crippen molar-refractivity contribution in [3.8, 4) is 22.6 Å². The molecule has 0 spiro atoms. The number of carbonyl (C=O) groups is 1. The number of rotatable bonds is 1. The molecule has 5 nitrogen and oxygen atoms in total. The summed E-state index contributed by atoms with van der Waals surface area (Å²) in [6.45, 7) is 2.59. The topological polar surface area (TPSA) is 59.0 Å². The Labute approximate surface area is 151 Å². The second-order valence-corrected chi connectivity index (χ2v) is 6.82. The monoisotopic (exact) mass is 349 g/mol. The van der Waals surface area contributed by atoms with Crippen LogP contribution in [0.4, 0.5) is 0 Å². The van der Waals surface area contributed by atoms with Crippen LogP contribution in [0.15, 0.2) is 42.5 Å². The summed E-state index contributed by atoms with van der Waals surface area (Å²) in [4.78, 5) is 14.4. The van der Waals surface area contributed by atoms with Crippen LogP contribution in [-0.2, 0) is 11.2 Å². The van der Waals surface area contributed by atoms with Gasteiger partial charge in [-0.3, -0.25) is 4.79 Å². The van der Waals surface area contributed by atoms with Gasteiger partial charge < -0.3 is 19.5 Å². The highest BCUT2D eigenvalue weighted by Gasteiger charge is 2.44. The van der Waals surface area contributed by atoms with Crippen LogP contribution >= 0.6 is 0 Å². The molecule has 2 unspecified atom stereocenters. The number of aliphatic hydroxyl groups excluding tert-OH is 1. The number of carbonyl (C=O) groups excluding carboxylic acids is 1. The van der Waals surface area contributed by atoms with Crippen molar-refractivity contribution >= 4 is 5.91 Å². The van der Waals surface area contributed by atoms with Crippen LogP contribution in [0, 0.1) is 0 Å². The number of allylic oxidation sites excluding steroid dienone is 1. The van der Waals surface area contributed by atoms with Gasteiger partial charge in [-0.1, -0.05) is 30.3 Å². The van der Waals surface area contributed by atoms with Gasteiger partial charge in [-0.15, -0.1) is 0 Å². The van der Waals surface area contributed by atoms with Crippen LogP contribution in [0.3, 0.4) is 0 Å². The van der Waals surface area contributed by atoms with E-state index in [1.165, 1.54) is 0 Å². The summed E-state index contributed by atoms with van der Waals surface area (Å²) in [6.07, 6.45) is 3.26. The quantitative estimate of drug-likeness (QED) is 0.804. The van der Waals surface area contributed by atoms with Crippen molar-refractivity contribution in [1.29, 1.82) is 0 Å². The third kappa shape index (κ3) is 1.98. The molecule has 0 fully saturated rings. The molecule has 0 saturated heterocycles. The van der Waals surface area contributed by atoms with Crippen LogP contribution in [0.5, 0.6) is 11.5 Å². The highest BCUT2D eigenvalue weighted by atomic mass is 16.7. The van der Waals surface area contributed by atoms with Gasteiger partial charge in [0.05, 0.1) is 6.04 Å². The van der Waals surface area contributed by atoms with E-state index in [1.54, 1.807) is 17.1 Å². The molecule has 0 bridgehead atoms. The fourth-order valence-corrected chi connectivity index (χ4v) is 4.42. The highest BCUT2D eigenvalue weighted by Crippen LogP contribution is 2.56. The second kappa shape index (κ2) is 5.61. The summed E-state index contributed by atoms with van der Waals surface area (Å²) in [5, 5.41) is 11.2. The molecule has 5 rings (SSSR count). The molecule has 0 radical (unpaired) electrons. The predicted molar refractivity (Wildman–Crippen MR) is 95.9 cm³/mol. The summed E-state index contributed by atoms with van der Waals surface area (Å²) in [5.74, 6) is 1.38. The Morgan fingerprint density at radius 1 is 1.31 bits per heavy atom. The number of aliphatic hydroxyl groups is 1. The number of benzene rings is 2. The largest absolute Gasteiger partial charge is 0.454 e. The van der Waals surface area contributed by atoms with Gasteiger partial charge in [0.25, 0.3) is 0 Å². The molecule has 2 atom stereocenters. The van der Waals surface area contributed by atoms with E-state index in [2.05, 4.69) is 0 Å². The lowest BCUT2D eigenvalue weighted by Crippen LogP contribution is -2.43. The fourth-order valence-electron chi connectivity index (χ4n) is 4.42. The zero-order chi connectivity index (χ0) is 17.8. The van der Waals surface area contributed by atoms with E-state index in [0.717, 1.165) is 40.0 Å². The molecule has 2 aromatic rings. The van der Waals surface area contributed by atoms with Crippen molar-refractivity contribution in [3.05, 3.63) is 59.2 Å². The Morgan fingerprint density at radius 2 is 2.15 bits per heavy atom. The van der Waals surface area contributed by atoms with Crippen LogP contribution in [0.2, 0.25) is 0 Å². The molecule has 5 heteroatoms. The van der Waals surface area contributed by atoms with Crippen molar-refractivity contribution in [3.63, 3.8) is 0 Å². The van der Waals surface area contributed by atoms with E-state index in [0.29, 0.717) is 12.3 Å². The number of hydrogen-bond donors (Lipinski definition) is 1. The summed E-state index contributed by atoms with van der Waals surface area (Å²) in [6, 6.07) is 9.38. The van der Waals surface area contributed by atoms with E-state index in [9.17, 15) is 9.90 Å². The fraction of sp³-hybridized carbons (Fsp3) is 0.286. The maximum atomic E-state index is 12.7. The molecular weight excluding hydrogens is 330 g/mol. The van der Waals surface area contributed by atoms with Gasteiger partial charge in [-0.05, 0) is 47.7 Å². The molecule has 3 aliphatic rings. The summed E-state index contributed by atoms with van der Waals surface area (Å²) < 4.78 is 11.4. The Morgan fingerprint density at radius 3 is 3.00 bits per heavy atom. The molecule has 1 N–H and O–H groups in total. The first-order valence-corrected chi connectivity index (χ1v) is 8.86. The lowest BCUT2D eigenvalue weighted by Gasteiger charge is -2.44.